The first kappa shape index (κ1) is 12.7. The normalized spacial score (nSPS) is 35.9. The summed E-state index contributed by atoms with van der Waals surface area (Å²) in [6, 6.07) is -0.0625. The van der Waals surface area contributed by atoms with E-state index in [0.717, 1.165) is 5.57 Å². The van der Waals surface area contributed by atoms with Gasteiger partial charge in [0.25, 0.3) is 0 Å². The van der Waals surface area contributed by atoms with Crippen LogP contribution in [0.15, 0.2) is 18.0 Å². The number of nitrogens with zero attached hydrogens (tertiary/aromatic N) is 3. The van der Waals surface area contributed by atoms with Gasteiger partial charge in [0.2, 0.25) is 0 Å². The van der Waals surface area contributed by atoms with Gasteiger partial charge in [0.15, 0.2) is 12.1 Å². The molecule has 7 nitrogen and oxygen atoms in total. The van der Waals surface area contributed by atoms with Crippen molar-refractivity contribution in [3.8, 4) is 0 Å². The zero-order valence-corrected chi connectivity index (χ0v) is 10.4. The van der Waals surface area contributed by atoms with E-state index in [9.17, 15) is 15.3 Å². The summed E-state index contributed by atoms with van der Waals surface area (Å²) in [6.45, 7) is 0. The quantitative estimate of drug-likeness (QED) is 0.412. The Morgan fingerprint density at radius 2 is 2.16 bits per heavy atom. The van der Waals surface area contributed by atoms with Crippen LogP contribution in [0.5, 0.6) is 0 Å². The Labute approximate surface area is 110 Å². The van der Waals surface area contributed by atoms with Crippen LogP contribution in [0.1, 0.15) is 37.4 Å². The van der Waals surface area contributed by atoms with Crippen molar-refractivity contribution in [2.75, 3.05) is 0 Å². The monoisotopic (exact) mass is 266 g/mol. The molecule has 2 aliphatic rings. The summed E-state index contributed by atoms with van der Waals surface area (Å²) < 4.78 is 1.64. The van der Waals surface area contributed by atoms with E-state index < -0.39 is 12.3 Å². The van der Waals surface area contributed by atoms with Crippen molar-refractivity contribution in [3.63, 3.8) is 0 Å². The highest BCUT2D eigenvalue weighted by Crippen LogP contribution is 2.44. The third-order valence-electron chi connectivity index (χ3n) is 4.00. The number of aromatic nitrogens is 3. The van der Waals surface area contributed by atoms with Gasteiger partial charge < -0.3 is 15.3 Å². The van der Waals surface area contributed by atoms with E-state index in [2.05, 4.69) is 10.1 Å². The van der Waals surface area contributed by atoms with E-state index in [1.807, 2.05) is 6.08 Å². The van der Waals surface area contributed by atoms with Gasteiger partial charge in [-0.15, -0.1) is 0 Å². The minimum absolute atomic E-state index is 0.0100. The third kappa shape index (κ3) is 2.18. The summed E-state index contributed by atoms with van der Waals surface area (Å²) in [7, 11) is 0. The molecule has 104 valence electrons. The van der Waals surface area contributed by atoms with E-state index in [4.69, 9.17) is 5.73 Å². The molecule has 0 aromatic carbocycles. The van der Waals surface area contributed by atoms with Gasteiger partial charge in [0.1, 0.15) is 6.33 Å². The van der Waals surface area contributed by atoms with Gasteiger partial charge in [0.05, 0.1) is 18.2 Å². The third-order valence-corrected chi connectivity index (χ3v) is 4.00. The standard InChI is InChI=1S/C12H18N4O3/c13-11(19)12-14-5-16(15-12)9-4-10(18)8-3-6(17)1-2-7(8)9/h2,5-6,8-11,17-19H,1,3-4,13H2/t6-,8+,9+,10+,11?/m1/s1. The van der Waals surface area contributed by atoms with E-state index in [1.54, 1.807) is 4.68 Å². The number of hydrogen-bond acceptors (Lipinski definition) is 6. The number of aliphatic hydroxyl groups is 3. The van der Waals surface area contributed by atoms with Crippen molar-refractivity contribution in [2.45, 2.75) is 43.7 Å². The SMILES string of the molecule is NC(O)c1ncn([C@H]2C[C@H](O)[C@H]3C[C@H](O)CC=C32)n1. The van der Waals surface area contributed by atoms with Crippen molar-refractivity contribution in [2.24, 2.45) is 11.7 Å². The summed E-state index contributed by atoms with van der Waals surface area (Å²) in [5.41, 5.74) is 6.42. The highest BCUT2D eigenvalue weighted by atomic mass is 16.3. The molecular weight excluding hydrogens is 248 g/mol. The Hall–Kier alpha value is -1.28. The topological polar surface area (TPSA) is 117 Å². The molecule has 0 spiro atoms. The predicted molar refractivity (Wildman–Crippen MR) is 65.6 cm³/mol. The molecule has 1 aromatic heterocycles. The van der Waals surface area contributed by atoms with E-state index in [1.165, 1.54) is 6.33 Å². The van der Waals surface area contributed by atoms with Gasteiger partial charge >= 0.3 is 0 Å². The van der Waals surface area contributed by atoms with Crippen molar-refractivity contribution in [3.05, 3.63) is 23.8 Å². The molecule has 0 aliphatic heterocycles. The second-order valence-corrected chi connectivity index (χ2v) is 5.28. The van der Waals surface area contributed by atoms with E-state index in [-0.39, 0.29) is 23.9 Å². The molecule has 0 bridgehead atoms. The molecular formula is C12H18N4O3. The van der Waals surface area contributed by atoms with Crippen molar-refractivity contribution in [1.29, 1.82) is 0 Å². The van der Waals surface area contributed by atoms with E-state index in [0.29, 0.717) is 19.3 Å². The average Bonchev–Trinajstić information content (AvgIpc) is 2.95. The minimum atomic E-state index is -1.19. The van der Waals surface area contributed by atoms with Crippen molar-refractivity contribution < 1.29 is 15.3 Å². The van der Waals surface area contributed by atoms with Gasteiger partial charge in [-0.2, -0.15) is 5.10 Å². The lowest BCUT2D eigenvalue weighted by atomic mass is 9.86. The zero-order valence-electron chi connectivity index (χ0n) is 10.4. The summed E-state index contributed by atoms with van der Waals surface area (Å²) in [4.78, 5) is 3.96. The van der Waals surface area contributed by atoms with Crippen LogP contribution in [0, 0.1) is 5.92 Å². The Morgan fingerprint density at radius 1 is 1.37 bits per heavy atom. The number of fused-ring (bicyclic) bond motifs is 1. The smallest absolute Gasteiger partial charge is 0.194 e. The number of nitrogens with two attached hydrogens (primary N) is 1. The minimum Gasteiger partial charge on any atom is -0.393 e. The van der Waals surface area contributed by atoms with Gasteiger partial charge in [-0.3, -0.25) is 5.73 Å². The first-order valence-electron chi connectivity index (χ1n) is 6.47. The second kappa shape index (κ2) is 4.68. The molecule has 19 heavy (non-hydrogen) atoms. The molecule has 1 aromatic rings. The van der Waals surface area contributed by atoms with E-state index >= 15 is 0 Å². The van der Waals surface area contributed by atoms with Crippen LogP contribution in [0.2, 0.25) is 0 Å². The fraction of sp³-hybridized carbons (Fsp3) is 0.667. The van der Waals surface area contributed by atoms with Crippen LogP contribution in [0.4, 0.5) is 0 Å². The summed E-state index contributed by atoms with van der Waals surface area (Å²) in [5, 5.41) is 33.2. The number of aliphatic hydroxyl groups excluding tert-OH is 3. The predicted octanol–water partition coefficient (Wildman–Crippen LogP) is -0.769. The molecule has 1 fully saturated rings. The first-order valence-corrected chi connectivity index (χ1v) is 6.47. The second-order valence-electron chi connectivity index (χ2n) is 5.28. The Balaban J connectivity index is 1.88. The maximum atomic E-state index is 10.1. The van der Waals surface area contributed by atoms with Crippen LogP contribution in [-0.2, 0) is 0 Å². The Kier molecular flexibility index (Phi) is 3.14. The van der Waals surface area contributed by atoms with Crippen LogP contribution in [0.25, 0.3) is 0 Å². The summed E-state index contributed by atoms with van der Waals surface area (Å²) in [5.74, 6) is 0.165. The maximum Gasteiger partial charge on any atom is 0.194 e. The largest absolute Gasteiger partial charge is 0.393 e. The van der Waals surface area contributed by atoms with Gasteiger partial charge in [0, 0.05) is 12.3 Å². The molecule has 3 rings (SSSR count). The lowest BCUT2D eigenvalue weighted by molar-refractivity contribution is 0.0844. The zero-order chi connectivity index (χ0) is 13.6. The maximum absolute atomic E-state index is 10.1. The molecule has 2 aliphatic carbocycles. The molecule has 0 radical (unpaired) electrons. The Morgan fingerprint density at radius 3 is 2.84 bits per heavy atom. The molecule has 1 heterocycles. The highest BCUT2D eigenvalue weighted by Gasteiger charge is 2.41. The van der Waals surface area contributed by atoms with Gasteiger partial charge in [-0.25, -0.2) is 9.67 Å². The molecule has 0 amide bonds. The highest BCUT2D eigenvalue weighted by molar-refractivity contribution is 5.24. The lowest BCUT2D eigenvalue weighted by Gasteiger charge is -2.25. The van der Waals surface area contributed by atoms with Gasteiger partial charge in [-0.05, 0) is 18.4 Å². The Bertz CT molecular complexity index is 499. The summed E-state index contributed by atoms with van der Waals surface area (Å²) >= 11 is 0. The average molecular weight is 266 g/mol. The van der Waals surface area contributed by atoms with Crippen LogP contribution < -0.4 is 5.73 Å². The van der Waals surface area contributed by atoms with Crippen LogP contribution >= 0.6 is 0 Å². The number of hydrogen-bond donors (Lipinski definition) is 4. The van der Waals surface area contributed by atoms with Crippen molar-refractivity contribution in [1.82, 2.24) is 14.8 Å². The van der Waals surface area contributed by atoms with Gasteiger partial charge in [-0.1, -0.05) is 6.08 Å². The molecule has 5 atom stereocenters. The van der Waals surface area contributed by atoms with Crippen LogP contribution in [0.3, 0.4) is 0 Å². The molecule has 1 unspecified atom stereocenters. The first-order chi connectivity index (χ1) is 9.06. The number of rotatable bonds is 2. The summed E-state index contributed by atoms with van der Waals surface area (Å²) in [6.07, 6.45) is 3.22. The molecule has 0 saturated heterocycles. The molecule has 5 N–H and O–H groups in total. The lowest BCUT2D eigenvalue weighted by Crippen LogP contribution is -2.24. The fourth-order valence-corrected chi connectivity index (χ4v) is 3.08. The fourth-order valence-electron chi connectivity index (χ4n) is 3.08. The molecule has 1 saturated carbocycles. The van der Waals surface area contributed by atoms with Crippen molar-refractivity contribution >= 4 is 0 Å². The van der Waals surface area contributed by atoms with Crippen LogP contribution in [-0.4, -0.2) is 42.3 Å². The molecule has 7 heteroatoms.